The lowest BCUT2D eigenvalue weighted by Crippen LogP contribution is -1.97. The average molecular weight is 218 g/mol. The summed E-state index contributed by atoms with van der Waals surface area (Å²) in [5.41, 5.74) is 0.758. The Balaban J connectivity index is 2.74. The Labute approximate surface area is 94.7 Å². The Kier molecular flexibility index (Phi) is 4.86. The lowest BCUT2D eigenvalue weighted by Gasteiger charge is -2.07. The van der Waals surface area contributed by atoms with E-state index in [1.807, 2.05) is 24.3 Å². The molecule has 0 aliphatic heterocycles. The van der Waals surface area contributed by atoms with E-state index in [9.17, 15) is 4.79 Å². The molecule has 0 radical (unpaired) electrons. The van der Waals surface area contributed by atoms with Crippen LogP contribution in [0.25, 0.3) is 6.08 Å². The van der Waals surface area contributed by atoms with Crippen molar-refractivity contribution in [1.29, 1.82) is 0 Å². The number of carboxylic acids is 1. The van der Waals surface area contributed by atoms with E-state index < -0.39 is 5.97 Å². The summed E-state index contributed by atoms with van der Waals surface area (Å²) < 4.78 is 5.49. The number of carbonyl (C=O) groups is 1. The van der Waals surface area contributed by atoms with Crippen LogP contribution in [0.1, 0.15) is 12.0 Å². The summed E-state index contributed by atoms with van der Waals surface area (Å²) >= 11 is 0. The fourth-order valence-electron chi connectivity index (χ4n) is 1.16. The molecule has 1 aromatic carbocycles. The van der Waals surface area contributed by atoms with Crippen molar-refractivity contribution >= 4 is 12.0 Å². The van der Waals surface area contributed by atoms with Crippen molar-refractivity contribution in [3.63, 3.8) is 0 Å². The zero-order valence-electron chi connectivity index (χ0n) is 8.93. The lowest BCUT2D eigenvalue weighted by atomic mass is 10.2. The number of para-hydroxylation sites is 1. The number of hydrogen-bond acceptors (Lipinski definition) is 2. The molecular weight excluding hydrogens is 204 g/mol. The largest absolute Gasteiger partial charge is 0.493 e. The van der Waals surface area contributed by atoms with Crippen LogP contribution in [-0.4, -0.2) is 17.7 Å². The molecule has 0 saturated carbocycles. The second-order valence-corrected chi connectivity index (χ2v) is 3.14. The van der Waals surface area contributed by atoms with Gasteiger partial charge in [-0.15, -0.1) is 6.58 Å². The first kappa shape index (κ1) is 12.0. The maximum Gasteiger partial charge on any atom is 0.328 e. The van der Waals surface area contributed by atoms with Crippen molar-refractivity contribution in [1.82, 2.24) is 0 Å². The molecule has 1 aromatic rings. The summed E-state index contributed by atoms with van der Waals surface area (Å²) in [5, 5.41) is 8.54. The molecule has 0 aliphatic carbocycles. The molecule has 0 unspecified atom stereocenters. The number of ether oxygens (including phenoxy) is 1. The van der Waals surface area contributed by atoms with Crippen molar-refractivity contribution in [3.8, 4) is 5.75 Å². The minimum absolute atomic E-state index is 0.543. The molecule has 0 heterocycles. The second kappa shape index (κ2) is 6.45. The Morgan fingerprint density at radius 2 is 2.19 bits per heavy atom. The molecule has 0 saturated heterocycles. The van der Waals surface area contributed by atoms with E-state index in [0.29, 0.717) is 12.4 Å². The molecule has 3 heteroatoms. The highest BCUT2D eigenvalue weighted by atomic mass is 16.5. The first-order valence-electron chi connectivity index (χ1n) is 4.98. The van der Waals surface area contributed by atoms with E-state index >= 15 is 0 Å². The zero-order chi connectivity index (χ0) is 11.8. The van der Waals surface area contributed by atoms with Crippen molar-refractivity contribution in [2.24, 2.45) is 0 Å². The first-order valence-corrected chi connectivity index (χ1v) is 4.98. The van der Waals surface area contributed by atoms with Crippen LogP contribution in [0.3, 0.4) is 0 Å². The molecule has 0 fully saturated rings. The molecule has 3 nitrogen and oxygen atoms in total. The second-order valence-electron chi connectivity index (χ2n) is 3.14. The Hall–Kier alpha value is -2.03. The van der Waals surface area contributed by atoms with Crippen LogP contribution in [0.2, 0.25) is 0 Å². The Morgan fingerprint density at radius 1 is 1.44 bits per heavy atom. The molecule has 0 spiro atoms. The van der Waals surface area contributed by atoms with Gasteiger partial charge >= 0.3 is 5.97 Å². The summed E-state index contributed by atoms with van der Waals surface area (Å²) in [6.45, 7) is 4.15. The fourth-order valence-corrected chi connectivity index (χ4v) is 1.16. The molecule has 0 aliphatic rings. The number of benzene rings is 1. The molecule has 1 rings (SSSR count). The van der Waals surface area contributed by atoms with Gasteiger partial charge in [0.1, 0.15) is 5.75 Å². The van der Waals surface area contributed by atoms with Gasteiger partial charge in [0.05, 0.1) is 6.61 Å². The number of rotatable bonds is 6. The van der Waals surface area contributed by atoms with Gasteiger partial charge in [-0.05, 0) is 18.6 Å². The highest BCUT2D eigenvalue weighted by molar-refractivity contribution is 5.85. The lowest BCUT2D eigenvalue weighted by molar-refractivity contribution is -0.131. The predicted octanol–water partition coefficient (Wildman–Crippen LogP) is 2.74. The van der Waals surface area contributed by atoms with E-state index in [1.165, 1.54) is 6.08 Å². The van der Waals surface area contributed by atoms with Gasteiger partial charge in [-0.1, -0.05) is 24.3 Å². The zero-order valence-corrected chi connectivity index (χ0v) is 8.93. The fraction of sp³-hybridized carbons (Fsp3) is 0.154. The average Bonchev–Trinajstić information content (AvgIpc) is 2.28. The molecule has 0 atom stereocenters. The minimum Gasteiger partial charge on any atom is -0.493 e. The summed E-state index contributed by atoms with van der Waals surface area (Å²) in [6.07, 6.45) is 5.15. The van der Waals surface area contributed by atoms with E-state index in [4.69, 9.17) is 9.84 Å². The van der Waals surface area contributed by atoms with Crippen molar-refractivity contribution in [2.75, 3.05) is 6.61 Å². The van der Waals surface area contributed by atoms with Crippen LogP contribution < -0.4 is 4.74 Å². The summed E-state index contributed by atoms with van der Waals surface area (Å²) in [6, 6.07) is 7.30. The van der Waals surface area contributed by atoms with E-state index in [2.05, 4.69) is 6.58 Å². The highest BCUT2D eigenvalue weighted by Gasteiger charge is 1.99. The van der Waals surface area contributed by atoms with Crippen LogP contribution in [0.5, 0.6) is 5.75 Å². The van der Waals surface area contributed by atoms with Gasteiger partial charge in [0.15, 0.2) is 0 Å². The Morgan fingerprint density at radius 3 is 2.88 bits per heavy atom. The van der Waals surface area contributed by atoms with Gasteiger partial charge in [-0.2, -0.15) is 0 Å². The van der Waals surface area contributed by atoms with Crippen LogP contribution in [0.4, 0.5) is 0 Å². The van der Waals surface area contributed by atoms with E-state index in [0.717, 1.165) is 18.1 Å². The van der Waals surface area contributed by atoms with Crippen molar-refractivity contribution in [3.05, 3.63) is 48.6 Å². The highest BCUT2D eigenvalue weighted by Crippen LogP contribution is 2.19. The van der Waals surface area contributed by atoms with Gasteiger partial charge in [-0.25, -0.2) is 4.79 Å². The summed E-state index contributed by atoms with van der Waals surface area (Å²) in [5.74, 6) is -0.289. The van der Waals surface area contributed by atoms with Crippen LogP contribution in [-0.2, 0) is 4.79 Å². The molecule has 16 heavy (non-hydrogen) atoms. The van der Waals surface area contributed by atoms with Crippen LogP contribution >= 0.6 is 0 Å². The molecule has 0 amide bonds. The standard InChI is InChI=1S/C13H14O3/c1-2-3-10-16-12-7-5-4-6-11(12)8-9-13(14)15/h2,4-9H,1,3,10H2,(H,14,15)/b9-8+. The van der Waals surface area contributed by atoms with Crippen LogP contribution in [0.15, 0.2) is 43.0 Å². The van der Waals surface area contributed by atoms with E-state index in [-0.39, 0.29) is 0 Å². The maximum absolute atomic E-state index is 10.4. The van der Waals surface area contributed by atoms with Crippen LogP contribution in [0, 0.1) is 0 Å². The number of hydrogen-bond donors (Lipinski definition) is 1. The van der Waals surface area contributed by atoms with Gasteiger partial charge in [0.25, 0.3) is 0 Å². The molecule has 1 N–H and O–H groups in total. The third-order valence-corrected chi connectivity index (χ3v) is 1.90. The monoisotopic (exact) mass is 218 g/mol. The third-order valence-electron chi connectivity index (χ3n) is 1.90. The van der Waals surface area contributed by atoms with Crippen molar-refractivity contribution in [2.45, 2.75) is 6.42 Å². The topological polar surface area (TPSA) is 46.5 Å². The number of carboxylic acid groups (broad SMARTS) is 1. The SMILES string of the molecule is C=CCCOc1ccccc1/C=C/C(=O)O. The van der Waals surface area contributed by atoms with Gasteiger partial charge in [0, 0.05) is 11.6 Å². The predicted molar refractivity (Wildman–Crippen MR) is 63.4 cm³/mol. The Bertz CT molecular complexity index is 394. The summed E-state index contributed by atoms with van der Waals surface area (Å²) in [4.78, 5) is 10.4. The van der Waals surface area contributed by atoms with Gasteiger partial charge in [-0.3, -0.25) is 0 Å². The quantitative estimate of drug-likeness (QED) is 0.453. The first-order chi connectivity index (χ1) is 7.74. The molecule has 0 aromatic heterocycles. The molecular formula is C13H14O3. The third kappa shape index (κ3) is 4.00. The van der Waals surface area contributed by atoms with E-state index in [1.54, 1.807) is 6.08 Å². The van der Waals surface area contributed by atoms with Crippen molar-refractivity contribution < 1.29 is 14.6 Å². The molecule has 0 bridgehead atoms. The summed E-state index contributed by atoms with van der Waals surface area (Å²) in [7, 11) is 0. The smallest absolute Gasteiger partial charge is 0.328 e. The normalized spacial score (nSPS) is 10.2. The van der Waals surface area contributed by atoms with Gasteiger partial charge < -0.3 is 9.84 Å². The maximum atomic E-state index is 10.4. The minimum atomic E-state index is -0.971. The molecule has 84 valence electrons. The van der Waals surface area contributed by atoms with Gasteiger partial charge in [0.2, 0.25) is 0 Å². The number of aliphatic carboxylic acids is 1.